The number of benzene rings is 1. The van der Waals surface area contributed by atoms with Gasteiger partial charge in [-0.3, -0.25) is 5.32 Å². The van der Waals surface area contributed by atoms with E-state index in [0.29, 0.717) is 12.6 Å². The largest absolute Gasteiger partial charge is 0.334 e. The second-order valence-corrected chi connectivity index (χ2v) is 5.04. The molecule has 1 atom stereocenters. The molecule has 1 heterocycles. The van der Waals surface area contributed by atoms with Crippen LogP contribution in [0.4, 0.5) is 0 Å². The fourth-order valence-corrected chi connectivity index (χ4v) is 2.31. The number of aromatic nitrogens is 2. The van der Waals surface area contributed by atoms with Gasteiger partial charge in [0.1, 0.15) is 0 Å². The molecule has 1 aromatic heterocycles. The first kappa shape index (κ1) is 11.9. The van der Waals surface area contributed by atoms with Crippen molar-refractivity contribution in [2.75, 3.05) is 0 Å². The Morgan fingerprint density at radius 1 is 1.37 bits per heavy atom. The summed E-state index contributed by atoms with van der Waals surface area (Å²) in [7, 11) is 0. The Morgan fingerprint density at radius 2 is 2.16 bits per heavy atom. The van der Waals surface area contributed by atoms with Crippen molar-refractivity contribution in [1.29, 1.82) is 5.26 Å². The molecule has 1 fully saturated rings. The third-order valence-electron chi connectivity index (χ3n) is 3.46. The van der Waals surface area contributed by atoms with Crippen LogP contribution in [-0.2, 0) is 12.1 Å². The van der Waals surface area contributed by atoms with E-state index in [1.165, 1.54) is 0 Å². The summed E-state index contributed by atoms with van der Waals surface area (Å²) < 4.78 is 1.95. The molecular weight excluding hydrogens is 236 g/mol. The van der Waals surface area contributed by atoms with E-state index in [1.54, 1.807) is 12.5 Å². The molecule has 4 nitrogen and oxygen atoms in total. The van der Waals surface area contributed by atoms with E-state index in [1.807, 2.05) is 41.1 Å². The summed E-state index contributed by atoms with van der Waals surface area (Å²) in [5.41, 5.74) is 0.335. The maximum Gasteiger partial charge on any atom is 0.150 e. The van der Waals surface area contributed by atoms with Crippen LogP contribution in [0.5, 0.6) is 0 Å². The number of nitrogens with zero attached hydrogens (tertiary/aromatic N) is 3. The lowest BCUT2D eigenvalue weighted by atomic mass is 9.91. The van der Waals surface area contributed by atoms with E-state index < -0.39 is 5.54 Å². The van der Waals surface area contributed by atoms with Gasteiger partial charge in [-0.2, -0.15) is 5.26 Å². The monoisotopic (exact) mass is 252 g/mol. The molecule has 19 heavy (non-hydrogen) atoms. The SMILES string of the molecule is N#CC(Cn1ccnc1)(NC1CC1)c1ccccc1. The van der Waals surface area contributed by atoms with E-state index in [2.05, 4.69) is 16.4 Å². The first-order valence-corrected chi connectivity index (χ1v) is 6.53. The molecule has 4 heteroatoms. The van der Waals surface area contributed by atoms with Gasteiger partial charge in [-0.25, -0.2) is 4.98 Å². The van der Waals surface area contributed by atoms with Crippen molar-refractivity contribution < 1.29 is 0 Å². The fraction of sp³-hybridized carbons (Fsp3) is 0.333. The molecule has 1 aromatic carbocycles. The molecule has 0 aliphatic heterocycles. The molecule has 0 radical (unpaired) electrons. The minimum atomic E-state index is -0.677. The van der Waals surface area contributed by atoms with Crippen LogP contribution in [0.3, 0.4) is 0 Å². The average molecular weight is 252 g/mol. The van der Waals surface area contributed by atoms with Crippen molar-refractivity contribution in [2.24, 2.45) is 0 Å². The van der Waals surface area contributed by atoms with Gasteiger partial charge >= 0.3 is 0 Å². The number of hydrogen-bond donors (Lipinski definition) is 1. The highest BCUT2D eigenvalue weighted by atomic mass is 15.1. The number of imidazole rings is 1. The molecular formula is C15H16N4. The van der Waals surface area contributed by atoms with Gasteiger partial charge in [0.15, 0.2) is 5.54 Å². The van der Waals surface area contributed by atoms with Crippen LogP contribution >= 0.6 is 0 Å². The molecule has 1 aliphatic carbocycles. The van der Waals surface area contributed by atoms with Crippen molar-refractivity contribution in [3.05, 3.63) is 54.6 Å². The van der Waals surface area contributed by atoms with Crippen molar-refractivity contribution in [3.63, 3.8) is 0 Å². The van der Waals surface area contributed by atoms with E-state index in [-0.39, 0.29) is 0 Å². The lowest BCUT2D eigenvalue weighted by Gasteiger charge is -2.29. The molecule has 2 aromatic rings. The third kappa shape index (κ3) is 2.51. The molecule has 3 rings (SSSR count). The number of nitrogens with one attached hydrogen (secondary N) is 1. The highest BCUT2D eigenvalue weighted by Gasteiger charge is 2.38. The zero-order chi connectivity index (χ0) is 13.1. The normalized spacial score (nSPS) is 17.6. The highest BCUT2D eigenvalue weighted by Crippen LogP contribution is 2.29. The number of nitriles is 1. The maximum absolute atomic E-state index is 9.76. The van der Waals surface area contributed by atoms with Gasteiger partial charge in [-0.1, -0.05) is 30.3 Å². The molecule has 1 saturated carbocycles. The lowest BCUT2D eigenvalue weighted by molar-refractivity contribution is 0.364. The van der Waals surface area contributed by atoms with E-state index >= 15 is 0 Å². The first-order valence-electron chi connectivity index (χ1n) is 6.53. The second-order valence-electron chi connectivity index (χ2n) is 5.04. The van der Waals surface area contributed by atoms with Gasteiger partial charge in [0.05, 0.1) is 18.9 Å². The Bertz CT molecular complexity index is 566. The van der Waals surface area contributed by atoms with Gasteiger partial charge < -0.3 is 4.57 Å². The zero-order valence-electron chi connectivity index (χ0n) is 10.7. The van der Waals surface area contributed by atoms with Crippen LogP contribution < -0.4 is 5.32 Å². The van der Waals surface area contributed by atoms with Crippen LogP contribution in [0.15, 0.2) is 49.1 Å². The van der Waals surface area contributed by atoms with Crippen LogP contribution in [-0.4, -0.2) is 15.6 Å². The van der Waals surface area contributed by atoms with E-state index in [4.69, 9.17) is 0 Å². The number of rotatable bonds is 5. The minimum absolute atomic E-state index is 0.461. The summed E-state index contributed by atoms with van der Waals surface area (Å²) in [5.74, 6) is 0. The maximum atomic E-state index is 9.76. The minimum Gasteiger partial charge on any atom is -0.334 e. The third-order valence-corrected chi connectivity index (χ3v) is 3.46. The summed E-state index contributed by atoms with van der Waals surface area (Å²) in [6.07, 6.45) is 7.69. The summed E-state index contributed by atoms with van der Waals surface area (Å²) in [4.78, 5) is 4.05. The Balaban J connectivity index is 1.95. The molecule has 0 spiro atoms. The van der Waals surface area contributed by atoms with Gasteiger partial charge in [-0.05, 0) is 18.4 Å². The fourth-order valence-electron chi connectivity index (χ4n) is 2.31. The van der Waals surface area contributed by atoms with E-state index in [9.17, 15) is 5.26 Å². The average Bonchev–Trinajstić information content (AvgIpc) is 3.12. The van der Waals surface area contributed by atoms with Crippen LogP contribution in [0.25, 0.3) is 0 Å². The summed E-state index contributed by atoms with van der Waals surface area (Å²) in [6.45, 7) is 0.573. The van der Waals surface area contributed by atoms with Crippen LogP contribution in [0.2, 0.25) is 0 Å². The Hall–Kier alpha value is -2.12. The molecule has 1 unspecified atom stereocenters. The van der Waals surface area contributed by atoms with Gasteiger partial charge in [0, 0.05) is 18.4 Å². The predicted molar refractivity (Wildman–Crippen MR) is 72.1 cm³/mol. The Morgan fingerprint density at radius 3 is 2.74 bits per heavy atom. The summed E-state index contributed by atoms with van der Waals surface area (Å²) in [6, 6.07) is 12.9. The molecule has 0 amide bonds. The van der Waals surface area contributed by atoms with Crippen molar-refractivity contribution in [3.8, 4) is 6.07 Å². The standard InChI is InChI=1S/C15H16N4/c16-10-15(18-14-6-7-14,11-19-9-8-17-12-19)13-4-2-1-3-5-13/h1-5,8-9,12,14,18H,6-7,11H2. The van der Waals surface area contributed by atoms with E-state index in [0.717, 1.165) is 18.4 Å². The molecule has 1 aliphatic rings. The first-order chi connectivity index (χ1) is 9.32. The molecule has 96 valence electrons. The van der Waals surface area contributed by atoms with Crippen molar-refractivity contribution >= 4 is 0 Å². The highest BCUT2D eigenvalue weighted by molar-refractivity contribution is 5.32. The topological polar surface area (TPSA) is 53.6 Å². The summed E-state index contributed by atoms with van der Waals surface area (Å²) >= 11 is 0. The van der Waals surface area contributed by atoms with Gasteiger partial charge in [0.2, 0.25) is 0 Å². The smallest absolute Gasteiger partial charge is 0.150 e. The number of hydrogen-bond acceptors (Lipinski definition) is 3. The van der Waals surface area contributed by atoms with Gasteiger partial charge in [-0.15, -0.1) is 0 Å². The van der Waals surface area contributed by atoms with Crippen molar-refractivity contribution in [2.45, 2.75) is 31.0 Å². The molecule has 0 bridgehead atoms. The summed E-state index contributed by atoms with van der Waals surface area (Å²) in [5, 5.41) is 13.3. The van der Waals surface area contributed by atoms with Crippen LogP contribution in [0.1, 0.15) is 18.4 Å². The molecule has 1 N–H and O–H groups in total. The van der Waals surface area contributed by atoms with Gasteiger partial charge in [0.25, 0.3) is 0 Å². The Kier molecular flexibility index (Phi) is 3.06. The second kappa shape index (κ2) is 4.87. The quantitative estimate of drug-likeness (QED) is 0.886. The Labute approximate surface area is 112 Å². The van der Waals surface area contributed by atoms with Crippen molar-refractivity contribution in [1.82, 2.24) is 14.9 Å². The molecule has 0 saturated heterocycles. The zero-order valence-corrected chi connectivity index (χ0v) is 10.7. The lowest BCUT2D eigenvalue weighted by Crippen LogP contribution is -2.45. The van der Waals surface area contributed by atoms with Crippen LogP contribution in [0, 0.1) is 11.3 Å². The predicted octanol–water partition coefficient (Wildman–Crippen LogP) is 2.05.